The van der Waals surface area contributed by atoms with Gasteiger partial charge in [0, 0.05) is 18.7 Å². The Morgan fingerprint density at radius 3 is 2.30 bits per heavy atom. The van der Waals surface area contributed by atoms with E-state index >= 15 is 0 Å². The van der Waals surface area contributed by atoms with Crippen LogP contribution in [0.1, 0.15) is 40.7 Å². The third-order valence-electron chi connectivity index (χ3n) is 4.83. The topological polar surface area (TPSA) is 63.7 Å². The molecule has 0 bridgehead atoms. The van der Waals surface area contributed by atoms with E-state index in [1.807, 2.05) is 32.0 Å². The van der Waals surface area contributed by atoms with E-state index in [4.69, 9.17) is 4.74 Å². The van der Waals surface area contributed by atoms with E-state index in [1.165, 1.54) is 4.31 Å². The summed E-state index contributed by atoms with van der Waals surface area (Å²) < 4.78 is 32.4. The zero-order valence-corrected chi connectivity index (χ0v) is 16.6. The molecule has 1 fully saturated rings. The van der Waals surface area contributed by atoms with Gasteiger partial charge in [-0.05, 0) is 56.5 Å². The molecule has 27 heavy (non-hydrogen) atoms. The number of benzene rings is 2. The van der Waals surface area contributed by atoms with Crippen molar-refractivity contribution in [1.82, 2.24) is 4.31 Å². The number of sulfonamides is 1. The van der Waals surface area contributed by atoms with Crippen LogP contribution in [0.2, 0.25) is 0 Å². The van der Waals surface area contributed by atoms with Gasteiger partial charge in [0.2, 0.25) is 10.0 Å². The summed E-state index contributed by atoms with van der Waals surface area (Å²) in [6, 6.07) is 12.0. The third kappa shape index (κ3) is 4.57. The number of carbonyl (C=O) groups is 1. The van der Waals surface area contributed by atoms with Gasteiger partial charge < -0.3 is 4.74 Å². The van der Waals surface area contributed by atoms with Crippen LogP contribution in [0.4, 0.5) is 0 Å². The zero-order valence-electron chi connectivity index (χ0n) is 15.8. The molecule has 6 heteroatoms. The van der Waals surface area contributed by atoms with E-state index in [0.29, 0.717) is 24.4 Å². The maximum Gasteiger partial charge on any atom is 0.243 e. The monoisotopic (exact) mass is 387 g/mol. The van der Waals surface area contributed by atoms with Gasteiger partial charge in [-0.15, -0.1) is 0 Å². The Labute approximate surface area is 161 Å². The normalized spacial score (nSPS) is 15.5. The predicted octanol–water partition coefficient (Wildman–Crippen LogP) is 3.74. The fourth-order valence-electron chi connectivity index (χ4n) is 3.32. The molecule has 1 aliphatic heterocycles. The minimum atomic E-state index is -3.45. The van der Waals surface area contributed by atoms with Gasteiger partial charge in [0.1, 0.15) is 5.75 Å². The first-order valence-corrected chi connectivity index (χ1v) is 10.7. The molecule has 1 saturated heterocycles. The first kappa shape index (κ1) is 19.6. The lowest BCUT2D eigenvalue weighted by atomic mass is 10.0. The lowest BCUT2D eigenvalue weighted by Crippen LogP contribution is -2.35. The molecule has 0 N–H and O–H groups in total. The maximum absolute atomic E-state index is 12.6. The highest BCUT2D eigenvalue weighted by atomic mass is 32.2. The molecule has 2 aromatic rings. The minimum Gasteiger partial charge on any atom is -0.485 e. The summed E-state index contributed by atoms with van der Waals surface area (Å²) in [4.78, 5) is 12.6. The second-order valence-corrected chi connectivity index (χ2v) is 8.90. The summed E-state index contributed by atoms with van der Waals surface area (Å²) in [6.07, 6.45) is 2.88. The van der Waals surface area contributed by atoms with Crippen molar-refractivity contribution in [2.24, 2.45) is 0 Å². The fraction of sp³-hybridized carbons (Fsp3) is 0.381. The van der Waals surface area contributed by atoms with E-state index in [0.717, 1.165) is 30.4 Å². The zero-order chi connectivity index (χ0) is 19.4. The molecule has 0 aromatic heterocycles. The largest absolute Gasteiger partial charge is 0.485 e. The van der Waals surface area contributed by atoms with Crippen LogP contribution in [-0.2, 0) is 10.0 Å². The predicted molar refractivity (Wildman–Crippen MR) is 105 cm³/mol. The van der Waals surface area contributed by atoms with Gasteiger partial charge in [-0.3, -0.25) is 4.79 Å². The number of Topliss-reactive ketones (excluding diaryl/α,β-unsaturated/α-hetero) is 1. The van der Waals surface area contributed by atoms with Gasteiger partial charge >= 0.3 is 0 Å². The molecule has 0 radical (unpaired) electrons. The van der Waals surface area contributed by atoms with Crippen LogP contribution in [0.25, 0.3) is 0 Å². The first-order chi connectivity index (χ1) is 12.9. The average molecular weight is 388 g/mol. The van der Waals surface area contributed by atoms with Crippen molar-refractivity contribution in [3.05, 3.63) is 59.2 Å². The van der Waals surface area contributed by atoms with Crippen LogP contribution in [-0.4, -0.2) is 38.2 Å². The van der Waals surface area contributed by atoms with Gasteiger partial charge in [-0.1, -0.05) is 30.2 Å². The summed E-state index contributed by atoms with van der Waals surface area (Å²) in [7, 11) is -3.45. The summed E-state index contributed by atoms with van der Waals surface area (Å²) in [5.74, 6) is 0.378. The number of ketones is 1. The molecule has 5 nitrogen and oxygen atoms in total. The van der Waals surface area contributed by atoms with E-state index in [2.05, 4.69) is 0 Å². The molecule has 0 amide bonds. The average Bonchev–Trinajstić information content (AvgIpc) is 2.67. The molecular weight excluding hydrogens is 362 g/mol. The Morgan fingerprint density at radius 2 is 1.67 bits per heavy atom. The van der Waals surface area contributed by atoms with Gasteiger partial charge in [-0.2, -0.15) is 4.31 Å². The number of hydrogen-bond acceptors (Lipinski definition) is 4. The maximum atomic E-state index is 12.6. The quantitative estimate of drug-likeness (QED) is 0.709. The summed E-state index contributed by atoms with van der Waals surface area (Å²) >= 11 is 0. The molecule has 1 heterocycles. The number of nitrogens with zero attached hydrogens (tertiary/aromatic N) is 1. The van der Waals surface area contributed by atoms with Crippen LogP contribution in [0, 0.1) is 13.8 Å². The van der Waals surface area contributed by atoms with Crippen LogP contribution >= 0.6 is 0 Å². The number of carbonyl (C=O) groups excluding carboxylic acids is 1. The van der Waals surface area contributed by atoms with Crippen molar-refractivity contribution < 1.29 is 17.9 Å². The second kappa shape index (κ2) is 8.23. The van der Waals surface area contributed by atoms with E-state index in [1.54, 1.807) is 24.3 Å². The third-order valence-corrected chi connectivity index (χ3v) is 6.74. The number of rotatable bonds is 6. The molecule has 0 unspecified atom stereocenters. The van der Waals surface area contributed by atoms with Crippen LogP contribution in [0.3, 0.4) is 0 Å². The molecular formula is C21H25NO4S. The van der Waals surface area contributed by atoms with Crippen molar-refractivity contribution in [1.29, 1.82) is 0 Å². The molecule has 0 saturated carbocycles. The van der Waals surface area contributed by atoms with Gasteiger partial charge in [0.15, 0.2) is 12.4 Å². The van der Waals surface area contributed by atoms with Crippen LogP contribution in [0.5, 0.6) is 5.75 Å². The van der Waals surface area contributed by atoms with Crippen molar-refractivity contribution >= 4 is 15.8 Å². The van der Waals surface area contributed by atoms with Crippen LogP contribution < -0.4 is 4.74 Å². The number of piperidine rings is 1. The molecule has 1 aliphatic rings. The Kier molecular flexibility index (Phi) is 5.97. The minimum absolute atomic E-state index is 0.0812. The highest BCUT2D eigenvalue weighted by Gasteiger charge is 2.25. The van der Waals surface area contributed by atoms with Gasteiger partial charge in [0.25, 0.3) is 0 Å². The molecule has 144 valence electrons. The Balaban J connectivity index is 1.64. The lowest BCUT2D eigenvalue weighted by molar-refractivity contribution is 0.0921. The Morgan fingerprint density at radius 1 is 1.00 bits per heavy atom. The van der Waals surface area contributed by atoms with Crippen LogP contribution in [0.15, 0.2) is 47.4 Å². The van der Waals surface area contributed by atoms with Crippen molar-refractivity contribution in [2.75, 3.05) is 19.7 Å². The Bertz CT molecular complexity index is 914. The summed E-state index contributed by atoms with van der Waals surface area (Å²) in [5.41, 5.74) is 2.67. The molecule has 2 aromatic carbocycles. The highest BCUT2D eigenvalue weighted by Crippen LogP contribution is 2.23. The number of hydrogen-bond donors (Lipinski definition) is 0. The Hall–Kier alpha value is -2.18. The summed E-state index contributed by atoms with van der Waals surface area (Å²) in [5, 5.41) is 0. The standard InChI is InChI=1S/C21H25NO4S/c1-16-6-11-20(17(2)14-16)21(23)15-26-18-7-9-19(10-8-18)27(24,25)22-12-4-3-5-13-22/h6-11,14H,3-5,12-13,15H2,1-2H3. The molecule has 3 rings (SSSR count). The van der Waals surface area contributed by atoms with Gasteiger partial charge in [-0.25, -0.2) is 8.42 Å². The SMILES string of the molecule is Cc1ccc(C(=O)COc2ccc(S(=O)(=O)N3CCCCC3)cc2)c(C)c1. The van der Waals surface area contributed by atoms with E-state index < -0.39 is 10.0 Å². The fourth-order valence-corrected chi connectivity index (χ4v) is 4.83. The smallest absolute Gasteiger partial charge is 0.243 e. The lowest BCUT2D eigenvalue weighted by Gasteiger charge is -2.25. The van der Waals surface area contributed by atoms with Crippen molar-refractivity contribution in [2.45, 2.75) is 38.0 Å². The van der Waals surface area contributed by atoms with Gasteiger partial charge in [0.05, 0.1) is 4.90 Å². The molecule has 0 aliphatic carbocycles. The highest BCUT2D eigenvalue weighted by molar-refractivity contribution is 7.89. The first-order valence-electron chi connectivity index (χ1n) is 9.21. The molecule has 0 spiro atoms. The molecule has 0 atom stereocenters. The summed E-state index contributed by atoms with van der Waals surface area (Å²) in [6.45, 7) is 4.95. The second-order valence-electron chi connectivity index (χ2n) is 6.97. The van der Waals surface area contributed by atoms with E-state index in [9.17, 15) is 13.2 Å². The van der Waals surface area contributed by atoms with E-state index in [-0.39, 0.29) is 17.3 Å². The van der Waals surface area contributed by atoms with Crippen molar-refractivity contribution in [3.63, 3.8) is 0 Å². The number of aryl methyl sites for hydroxylation is 2. The van der Waals surface area contributed by atoms with Crippen molar-refractivity contribution in [3.8, 4) is 5.75 Å². The number of ether oxygens (including phenoxy) is 1.